The highest BCUT2D eigenvalue weighted by Gasteiger charge is 2.42. The molecule has 1 nitrogen and oxygen atoms in total. The average Bonchev–Trinajstić information content (AvgIpc) is 3.22. The molecule has 0 aliphatic heterocycles. The van der Waals surface area contributed by atoms with E-state index in [9.17, 15) is 0 Å². The van der Waals surface area contributed by atoms with Gasteiger partial charge in [0.2, 0.25) is 0 Å². The molecule has 2 heteroatoms. The zero-order chi connectivity index (χ0) is 18.9. The van der Waals surface area contributed by atoms with E-state index < -0.39 is 0 Å². The molecule has 4 aromatic carbocycles. The summed E-state index contributed by atoms with van der Waals surface area (Å²) in [5, 5.41) is 2.92. The summed E-state index contributed by atoms with van der Waals surface area (Å²) in [5.41, 5.74) is 7.93. The van der Waals surface area contributed by atoms with Gasteiger partial charge in [-0.2, -0.15) is 0 Å². The Balaban J connectivity index is 1.75. The molecule has 1 aliphatic carbocycles. The van der Waals surface area contributed by atoms with Gasteiger partial charge in [0.15, 0.2) is 0 Å². The van der Waals surface area contributed by atoms with Crippen molar-refractivity contribution in [3.63, 3.8) is 0 Å². The Morgan fingerprint density at radius 2 is 1.32 bits per heavy atom. The summed E-state index contributed by atoms with van der Waals surface area (Å²) >= 11 is 6.21. The van der Waals surface area contributed by atoms with E-state index in [0.717, 1.165) is 21.9 Å². The first kappa shape index (κ1) is 16.0. The minimum absolute atomic E-state index is 0.273. The molecule has 134 valence electrons. The summed E-state index contributed by atoms with van der Waals surface area (Å²) < 4.78 is 6.39. The molecule has 0 bridgehead atoms. The molecule has 28 heavy (non-hydrogen) atoms. The largest absolute Gasteiger partial charge is 0.456 e. The van der Waals surface area contributed by atoms with Crippen LogP contribution in [0.2, 0.25) is 5.02 Å². The summed E-state index contributed by atoms with van der Waals surface area (Å²) in [6, 6.07) is 29.8. The van der Waals surface area contributed by atoms with Gasteiger partial charge in [-0.25, -0.2) is 0 Å². The van der Waals surface area contributed by atoms with Crippen LogP contribution < -0.4 is 0 Å². The average molecular weight is 381 g/mol. The zero-order valence-electron chi connectivity index (χ0n) is 15.4. The first-order chi connectivity index (χ1) is 13.7. The minimum atomic E-state index is -0.273. The Morgan fingerprint density at radius 1 is 0.679 bits per heavy atom. The zero-order valence-corrected chi connectivity index (χ0v) is 16.1. The second-order valence-corrected chi connectivity index (χ2v) is 8.08. The molecular weight excluding hydrogens is 364 g/mol. The lowest BCUT2D eigenvalue weighted by molar-refractivity contribution is 0.638. The molecule has 5 aromatic rings. The molecule has 0 saturated carbocycles. The highest BCUT2D eigenvalue weighted by Crippen LogP contribution is 2.53. The van der Waals surface area contributed by atoms with E-state index in [0.29, 0.717) is 5.02 Å². The molecule has 0 radical (unpaired) electrons. The van der Waals surface area contributed by atoms with Crippen molar-refractivity contribution in [2.45, 2.75) is 12.3 Å². The monoisotopic (exact) mass is 380 g/mol. The van der Waals surface area contributed by atoms with E-state index >= 15 is 0 Å². The standard InChI is InChI=1S/C26H17ClO/c1-26(21-10-4-2-7-17(21)18-8-3-5-11-22(18)26)23-12-6-9-20-19-14-13-16(27)15-24(19)28-25(20)23/h2-15H,1H3. The summed E-state index contributed by atoms with van der Waals surface area (Å²) in [4.78, 5) is 0. The SMILES string of the molecule is CC1(c2cccc3c2oc2cc(Cl)ccc23)c2ccccc2-c2ccccc21. The van der Waals surface area contributed by atoms with Crippen LogP contribution >= 0.6 is 11.6 Å². The van der Waals surface area contributed by atoms with Gasteiger partial charge < -0.3 is 4.42 Å². The number of para-hydroxylation sites is 1. The topological polar surface area (TPSA) is 13.1 Å². The van der Waals surface area contributed by atoms with E-state index in [2.05, 4.69) is 73.7 Å². The third-order valence-electron chi connectivity index (χ3n) is 6.22. The summed E-state index contributed by atoms with van der Waals surface area (Å²) in [5.74, 6) is 0. The number of furan rings is 1. The molecule has 1 heterocycles. The first-order valence-electron chi connectivity index (χ1n) is 9.48. The Hall–Kier alpha value is -3.03. The molecule has 0 fully saturated rings. The molecule has 1 aromatic heterocycles. The molecule has 0 amide bonds. The normalized spacial score (nSPS) is 14.4. The maximum Gasteiger partial charge on any atom is 0.139 e. The second-order valence-electron chi connectivity index (χ2n) is 7.64. The molecule has 0 unspecified atom stereocenters. The minimum Gasteiger partial charge on any atom is -0.456 e. The van der Waals surface area contributed by atoms with Crippen molar-refractivity contribution in [1.82, 2.24) is 0 Å². The fourth-order valence-electron chi connectivity index (χ4n) is 4.91. The lowest BCUT2D eigenvalue weighted by Gasteiger charge is -2.28. The number of halogens is 1. The number of hydrogen-bond acceptors (Lipinski definition) is 1. The Morgan fingerprint density at radius 3 is 2.04 bits per heavy atom. The van der Waals surface area contributed by atoms with Gasteiger partial charge in [0.1, 0.15) is 11.2 Å². The summed E-state index contributed by atoms with van der Waals surface area (Å²) in [6.45, 7) is 2.31. The van der Waals surface area contributed by atoms with Gasteiger partial charge in [-0.05, 0) is 41.3 Å². The van der Waals surface area contributed by atoms with Crippen molar-refractivity contribution >= 4 is 33.5 Å². The van der Waals surface area contributed by atoms with Crippen LogP contribution in [0.1, 0.15) is 23.6 Å². The number of rotatable bonds is 1. The summed E-state index contributed by atoms with van der Waals surface area (Å²) in [7, 11) is 0. The Labute approximate surface area is 168 Å². The molecule has 0 atom stereocenters. The van der Waals surface area contributed by atoms with Crippen LogP contribution in [0.4, 0.5) is 0 Å². The van der Waals surface area contributed by atoms with Crippen molar-refractivity contribution in [2.24, 2.45) is 0 Å². The van der Waals surface area contributed by atoms with Crippen molar-refractivity contribution < 1.29 is 4.42 Å². The molecule has 1 aliphatic rings. The lowest BCUT2D eigenvalue weighted by atomic mass is 9.74. The van der Waals surface area contributed by atoms with E-state index in [1.807, 2.05) is 18.2 Å². The first-order valence-corrected chi connectivity index (χ1v) is 9.86. The fourth-order valence-corrected chi connectivity index (χ4v) is 5.07. The third kappa shape index (κ3) is 1.92. The molecular formula is C26H17ClO. The van der Waals surface area contributed by atoms with Gasteiger partial charge in [0.05, 0.1) is 0 Å². The second kappa shape index (κ2) is 5.50. The van der Waals surface area contributed by atoms with Gasteiger partial charge in [-0.3, -0.25) is 0 Å². The number of fused-ring (bicyclic) bond motifs is 6. The van der Waals surface area contributed by atoms with Crippen LogP contribution in [0.3, 0.4) is 0 Å². The van der Waals surface area contributed by atoms with Crippen molar-refractivity contribution in [3.8, 4) is 11.1 Å². The quantitative estimate of drug-likeness (QED) is 0.292. The van der Waals surface area contributed by atoms with Crippen LogP contribution in [0, 0.1) is 0 Å². The van der Waals surface area contributed by atoms with Crippen LogP contribution in [0.15, 0.2) is 89.3 Å². The van der Waals surface area contributed by atoms with E-state index in [4.69, 9.17) is 16.0 Å². The van der Waals surface area contributed by atoms with Crippen LogP contribution in [-0.2, 0) is 5.41 Å². The van der Waals surface area contributed by atoms with Gasteiger partial charge in [0, 0.05) is 32.8 Å². The van der Waals surface area contributed by atoms with Gasteiger partial charge in [0.25, 0.3) is 0 Å². The molecule has 0 spiro atoms. The van der Waals surface area contributed by atoms with Gasteiger partial charge >= 0.3 is 0 Å². The molecule has 0 saturated heterocycles. The van der Waals surface area contributed by atoms with Crippen LogP contribution in [0.5, 0.6) is 0 Å². The maximum absolute atomic E-state index is 6.39. The van der Waals surface area contributed by atoms with E-state index in [-0.39, 0.29) is 5.41 Å². The van der Waals surface area contributed by atoms with E-state index in [1.54, 1.807) is 0 Å². The maximum atomic E-state index is 6.39. The fraction of sp³-hybridized carbons (Fsp3) is 0.0769. The van der Waals surface area contributed by atoms with Gasteiger partial charge in [-0.1, -0.05) is 78.3 Å². The number of benzene rings is 4. The highest BCUT2D eigenvalue weighted by atomic mass is 35.5. The van der Waals surface area contributed by atoms with Crippen LogP contribution in [0.25, 0.3) is 33.1 Å². The van der Waals surface area contributed by atoms with Crippen molar-refractivity contribution in [3.05, 3.63) is 107 Å². The number of hydrogen-bond donors (Lipinski definition) is 0. The smallest absolute Gasteiger partial charge is 0.139 e. The summed E-state index contributed by atoms with van der Waals surface area (Å²) in [6.07, 6.45) is 0. The van der Waals surface area contributed by atoms with E-state index in [1.165, 1.54) is 27.8 Å². The Kier molecular flexibility index (Phi) is 3.14. The van der Waals surface area contributed by atoms with Crippen molar-refractivity contribution in [1.29, 1.82) is 0 Å². The Bertz CT molecular complexity index is 1350. The molecule has 6 rings (SSSR count). The highest BCUT2D eigenvalue weighted by molar-refractivity contribution is 6.31. The van der Waals surface area contributed by atoms with Crippen LogP contribution in [-0.4, -0.2) is 0 Å². The lowest BCUT2D eigenvalue weighted by Crippen LogP contribution is -2.22. The van der Waals surface area contributed by atoms with Gasteiger partial charge in [-0.15, -0.1) is 0 Å². The predicted molar refractivity (Wildman–Crippen MR) is 116 cm³/mol. The van der Waals surface area contributed by atoms with Crippen molar-refractivity contribution in [2.75, 3.05) is 0 Å². The molecule has 0 N–H and O–H groups in total. The predicted octanol–water partition coefficient (Wildman–Crippen LogP) is 7.57. The third-order valence-corrected chi connectivity index (χ3v) is 6.46.